The zero-order valence-electron chi connectivity index (χ0n) is 20.3. The van der Waals surface area contributed by atoms with Crippen LogP contribution in [-0.2, 0) is 13.6 Å². The molecule has 6 heteroatoms. The fourth-order valence-corrected chi connectivity index (χ4v) is 5.35. The molecule has 176 valence electrons. The Labute approximate surface area is 202 Å². The zero-order valence-corrected chi connectivity index (χ0v) is 21.1. The maximum atomic E-state index is 13.1. The van der Waals surface area contributed by atoms with E-state index in [-0.39, 0.29) is 11.9 Å². The van der Waals surface area contributed by atoms with Gasteiger partial charge in [0.1, 0.15) is 0 Å². The van der Waals surface area contributed by atoms with Crippen molar-refractivity contribution in [2.24, 2.45) is 13.0 Å². The quantitative estimate of drug-likeness (QED) is 0.393. The molecule has 0 radical (unpaired) electrons. The van der Waals surface area contributed by atoms with Crippen LogP contribution in [0.5, 0.6) is 0 Å². The van der Waals surface area contributed by atoms with Crippen molar-refractivity contribution in [3.05, 3.63) is 71.1 Å². The predicted molar refractivity (Wildman–Crippen MR) is 137 cm³/mol. The number of benzene rings is 1. The van der Waals surface area contributed by atoms with Gasteiger partial charge in [-0.15, -0.1) is 11.8 Å². The fraction of sp³-hybridized carbons (Fsp3) is 0.481. The van der Waals surface area contributed by atoms with Gasteiger partial charge in [-0.1, -0.05) is 42.9 Å². The van der Waals surface area contributed by atoms with Crippen molar-refractivity contribution in [2.45, 2.75) is 56.9 Å². The van der Waals surface area contributed by atoms with E-state index in [1.165, 1.54) is 34.7 Å². The molecule has 0 spiro atoms. The molecule has 1 aromatic carbocycles. The van der Waals surface area contributed by atoms with Gasteiger partial charge in [0, 0.05) is 55.0 Å². The minimum atomic E-state index is 0.0120. The molecule has 0 bridgehead atoms. The van der Waals surface area contributed by atoms with E-state index in [1.807, 2.05) is 35.3 Å². The van der Waals surface area contributed by atoms with E-state index >= 15 is 0 Å². The van der Waals surface area contributed by atoms with Crippen LogP contribution in [0, 0.1) is 5.92 Å². The first-order valence-electron chi connectivity index (χ1n) is 12.1. The number of nitrogens with zero attached hydrogens (tertiary/aromatic N) is 3. The van der Waals surface area contributed by atoms with Crippen LogP contribution in [-0.4, -0.2) is 39.6 Å². The second-order valence-electron chi connectivity index (χ2n) is 9.18. The van der Waals surface area contributed by atoms with E-state index < -0.39 is 0 Å². The lowest BCUT2D eigenvalue weighted by Crippen LogP contribution is -2.38. The summed E-state index contributed by atoms with van der Waals surface area (Å²) in [4.78, 5) is 16.4. The SMILES string of the molecule is C/C=C\C=C(/C)C1CN(C(=O)NCc2ccc(SCC)cc2)CC1c1cc(C2CC2)nn1C. The molecule has 2 aliphatic rings. The van der Waals surface area contributed by atoms with Crippen molar-refractivity contribution in [1.29, 1.82) is 0 Å². The maximum absolute atomic E-state index is 13.1. The smallest absolute Gasteiger partial charge is 0.317 e. The molecule has 2 unspecified atom stereocenters. The number of allylic oxidation sites excluding steroid dienone is 3. The maximum Gasteiger partial charge on any atom is 0.317 e. The Kier molecular flexibility index (Phi) is 7.63. The number of aromatic nitrogens is 2. The second-order valence-corrected chi connectivity index (χ2v) is 10.5. The van der Waals surface area contributed by atoms with E-state index in [2.05, 4.69) is 67.7 Å². The van der Waals surface area contributed by atoms with Gasteiger partial charge in [-0.25, -0.2) is 4.79 Å². The number of amides is 2. The monoisotopic (exact) mass is 464 g/mol. The molecule has 33 heavy (non-hydrogen) atoms. The van der Waals surface area contributed by atoms with Gasteiger partial charge in [-0.3, -0.25) is 4.68 Å². The molecule has 1 N–H and O–H groups in total. The molecule has 2 fully saturated rings. The summed E-state index contributed by atoms with van der Waals surface area (Å²) in [6.45, 7) is 8.37. The number of carbonyl (C=O) groups excluding carboxylic acids is 1. The van der Waals surface area contributed by atoms with Crippen LogP contribution in [0.25, 0.3) is 0 Å². The van der Waals surface area contributed by atoms with Crippen molar-refractivity contribution in [3.8, 4) is 0 Å². The first-order chi connectivity index (χ1) is 16.0. The third kappa shape index (κ3) is 5.72. The highest BCUT2D eigenvalue weighted by Crippen LogP contribution is 2.42. The summed E-state index contributed by atoms with van der Waals surface area (Å²) in [5.41, 5.74) is 4.90. The Morgan fingerprint density at radius 3 is 2.67 bits per heavy atom. The molecular weight excluding hydrogens is 428 g/mol. The Morgan fingerprint density at radius 2 is 2.00 bits per heavy atom. The van der Waals surface area contributed by atoms with Crippen LogP contribution < -0.4 is 5.32 Å². The first-order valence-corrected chi connectivity index (χ1v) is 13.1. The summed E-state index contributed by atoms with van der Waals surface area (Å²) in [5.74, 6) is 2.24. The Bertz CT molecular complexity index is 1020. The highest BCUT2D eigenvalue weighted by Gasteiger charge is 2.39. The van der Waals surface area contributed by atoms with Crippen molar-refractivity contribution < 1.29 is 4.79 Å². The van der Waals surface area contributed by atoms with Gasteiger partial charge < -0.3 is 10.2 Å². The summed E-state index contributed by atoms with van der Waals surface area (Å²) >= 11 is 1.83. The lowest BCUT2D eigenvalue weighted by molar-refractivity contribution is 0.207. The number of rotatable bonds is 8. The minimum absolute atomic E-state index is 0.0120. The average molecular weight is 465 g/mol. The normalized spacial score (nSPS) is 21.2. The molecule has 2 heterocycles. The highest BCUT2D eigenvalue weighted by atomic mass is 32.2. The standard InChI is InChI=1S/C27H36N4OS/c1-5-7-8-19(3)23-17-31(18-24(23)26-15-25(21-11-12-21)29-30(26)4)27(32)28-16-20-9-13-22(14-10-20)33-6-2/h5,7-10,13-15,21,23-24H,6,11-12,16-18H2,1-4H3,(H,28,32)/b7-5-,19-8+. The number of hydrogen-bond acceptors (Lipinski definition) is 3. The van der Waals surface area contributed by atoms with Gasteiger partial charge in [0.05, 0.1) is 5.69 Å². The van der Waals surface area contributed by atoms with Gasteiger partial charge in [0.2, 0.25) is 0 Å². The Hall–Kier alpha value is -2.47. The molecule has 1 saturated heterocycles. The van der Waals surface area contributed by atoms with Crippen molar-refractivity contribution in [3.63, 3.8) is 0 Å². The number of likely N-dealkylation sites (tertiary alicyclic amines) is 1. The molecule has 1 aromatic heterocycles. The third-order valence-corrected chi connectivity index (χ3v) is 7.63. The van der Waals surface area contributed by atoms with Crippen molar-refractivity contribution >= 4 is 17.8 Å². The minimum Gasteiger partial charge on any atom is -0.334 e. The molecule has 1 aliphatic heterocycles. The van der Waals surface area contributed by atoms with E-state index in [0.29, 0.717) is 24.9 Å². The van der Waals surface area contributed by atoms with Crippen LogP contribution in [0.4, 0.5) is 4.79 Å². The summed E-state index contributed by atoms with van der Waals surface area (Å²) in [5, 5.41) is 7.94. The zero-order chi connectivity index (χ0) is 23.4. The molecule has 5 nitrogen and oxygen atoms in total. The summed E-state index contributed by atoms with van der Waals surface area (Å²) < 4.78 is 2.05. The topological polar surface area (TPSA) is 50.2 Å². The lowest BCUT2D eigenvalue weighted by atomic mass is 9.86. The van der Waals surface area contributed by atoms with Crippen LogP contribution in [0.1, 0.15) is 62.4 Å². The van der Waals surface area contributed by atoms with Crippen molar-refractivity contribution in [1.82, 2.24) is 20.0 Å². The lowest BCUT2D eigenvalue weighted by Gasteiger charge is -2.18. The summed E-state index contributed by atoms with van der Waals surface area (Å²) in [7, 11) is 2.05. The molecular formula is C27H36N4OS. The number of urea groups is 1. The van der Waals surface area contributed by atoms with E-state index in [0.717, 1.165) is 17.9 Å². The van der Waals surface area contributed by atoms with E-state index in [1.54, 1.807) is 0 Å². The van der Waals surface area contributed by atoms with Gasteiger partial charge in [0.15, 0.2) is 0 Å². The van der Waals surface area contributed by atoms with Gasteiger partial charge in [0.25, 0.3) is 0 Å². The second kappa shape index (κ2) is 10.6. The molecule has 2 amide bonds. The van der Waals surface area contributed by atoms with Crippen LogP contribution >= 0.6 is 11.8 Å². The van der Waals surface area contributed by atoms with Crippen LogP contribution in [0.2, 0.25) is 0 Å². The van der Waals surface area contributed by atoms with E-state index in [9.17, 15) is 4.79 Å². The first kappa shape index (κ1) is 23.7. The molecule has 1 saturated carbocycles. The predicted octanol–water partition coefficient (Wildman–Crippen LogP) is 5.86. The highest BCUT2D eigenvalue weighted by molar-refractivity contribution is 7.99. The fourth-order valence-electron chi connectivity index (χ4n) is 4.69. The summed E-state index contributed by atoms with van der Waals surface area (Å²) in [6.07, 6.45) is 8.83. The molecule has 2 aromatic rings. The largest absolute Gasteiger partial charge is 0.334 e. The molecule has 2 atom stereocenters. The number of thioether (sulfide) groups is 1. The van der Waals surface area contributed by atoms with Gasteiger partial charge in [-0.05, 0) is 56.2 Å². The number of hydrogen-bond donors (Lipinski definition) is 1. The van der Waals surface area contributed by atoms with Gasteiger partial charge >= 0.3 is 6.03 Å². The third-order valence-electron chi connectivity index (χ3n) is 6.73. The van der Waals surface area contributed by atoms with Gasteiger partial charge in [-0.2, -0.15) is 5.10 Å². The number of nitrogens with one attached hydrogen (secondary N) is 1. The van der Waals surface area contributed by atoms with Crippen LogP contribution in [0.15, 0.2) is 59.0 Å². The Balaban J connectivity index is 1.46. The molecule has 4 rings (SSSR count). The van der Waals surface area contributed by atoms with E-state index in [4.69, 9.17) is 5.10 Å². The number of aryl methyl sites for hydroxylation is 1. The van der Waals surface area contributed by atoms with Crippen molar-refractivity contribution in [2.75, 3.05) is 18.8 Å². The summed E-state index contributed by atoms with van der Waals surface area (Å²) in [6, 6.07) is 10.8. The Morgan fingerprint density at radius 1 is 1.24 bits per heavy atom. The number of carbonyl (C=O) groups is 1. The van der Waals surface area contributed by atoms with Crippen LogP contribution in [0.3, 0.4) is 0 Å². The average Bonchev–Trinajstić information content (AvgIpc) is 3.46. The molecule has 1 aliphatic carbocycles.